The molecule has 4 aromatic rings. The Morgan fingerprint density at radius 2 is 2.04 bits per heavy atom. The summed E-state index contributed by atoms with van der Waals surface area (Å²) in [5, 5.41) is 5.28. The number of rotatable bonds is 3. The van der Waals surface area contributed by atoms with Gasteiger partial charge in [-0.3, -0.25) is 4.98 Å². The van der Waals surface area contributed by atoms with Crippen LogP contribution in [-0.2, 0) is 6.42 Å². The van der Waals surface area contributed by atoms with Gasteiger partial charge in [-0.2, -0.15) is 4.98 Å². The van der Waals surface area contributed by atoms with Crippen molar-refractivity contribution in [3.05, 3.63) is 65.4 Å². The van der Waals surface area contributed by atoms with Crippen LogP contribution in [0.4, 0.5) is 0 Å². The van der Waals surface area contributed by atoms with E-state index in [1.165, 1.54) is 10.9 Å². The molecule has 3 heterocycles. The highest BCUT2D eigenvalue weighted by Gasteiger charge is 2.15. The lowest BCUT2D eigenvalue weighted by Gasteiger charge is -1.97. The number of fused-ring (bicyclic) bond motifs is 1. The molecule has 4 rings (SSSR count). The Morgan fingerprint density at radius 3 is 2.87 bits per heavy atom. The predicted molar refractivity (Wildman–Crippen MR) is 88.1 cm³/mol. The molecule has 0 radical (unpaired) electrons. The van der Waals surface area contributed by atoms with Crippen molar-refractivity contribution >= 4 is 10.9 Å². The van der Waals surface area contributed by atoms with Crippen molar-refractivity contribution in [3.8, 4) is 11.5 Å². The van der Waals surface area contributed by atoms with Gasteiger partial charge in [-0.05, 0) is 37.1 Å². The van der Waals surface area contributed by atoms with Crippen molar-refractivity contribution in [1.82, 2.24) is 20.1 Å². The zero-order valence-corrected chi connectivity index (χ0v) is 13.0. The summed E-state index contributed by atoms with van der Waals surface area (Å²) in [6.45, 7) is 4.18. The standard InChI is InChI=1S/C18H16N4O/c1-11-12(2)20-17-14(11)6-3-7-15(17)18-21-16(22-23-18)9-13-5-4-8-19-10-13/h3-8,10,20H,9H2,1-2H3. The van der Waals surface area contributed by atoms with Crippen molar-refractivity contribution in [2.45, 2.75) is 20.3 Å². The molecule has 23 heavy (non-hydrogen) atoms. The smallest absolute Gasteiger partial charge is 0.260 e. The van der Waals surface area contributed by atoms with E-state index in [0.717, 1.165) is 22.3 Å². The maximum atomic E-state index is 5.48. The molecule has 114 valence electrons. The molecular weight excluding hydrogens is 288 g/mol. The zero-order chi connectivity index (χ0) is 15.8. The van der Waals surface area contributed by atoms with Crippen molar-refractivity contribution in [2.24, 2.45) is 0 Å². The summed E-state index contributed by atoms with van der Waals surface area (Å²) in [4.78, 5) is 12.1. The molecule has 3 aromatic heterocycles. The number of H-pyrrole nitrogens is 1. The number of pyridine rings is 1. The van der Waals surface area contributed by atoms with E-state index in [0.29, 0.717) is 18.1 Å². The molecule has 0 saturated carbocycles. The number of nitrogens with zero attached hydrogens (tertiary/aromatic N) is 3. The highest BCUT2D eigenvalue weighted by molar-refractivity contribution is 5.94. The number of hydrogen-bond acceptors (Lipinski definition) is 4. The Bertz CT molecular complexity index is 969. The molecule has 0 unspecified atom stereocenters. The Hall–Kier alpha value is -2.95. The lowest BCUT2D eigenvalue weighted by molar-refractivity contribution is 0.424. The van der Waals surface area contributed by atoms with E-state index in [1.54, 1.807) is 6.20 Å². The third-order valence-electron chi connectivity index (χ3n) is 4.13. The summed E-state index contributed by atoms with van der Waals surface area (Å²) >= 11 is 0. The van der Waals surface area contributed by atoms with Crippen molar-refractivity contribution in [1.29, 1.82) is 0 Å². The second-order valence-electron chi connectivity index (χ2n) is 5.66. The number of nitrogens with one attached hydrogen (secondary N) is 1. The first-order valence-corrected chi connectivity index (χ1v) is 7.52. The van der Waals surface area contributed by atoms with E-state index in [4.69, 9.17) is 4.52 Å². The van der Waals surface area contributed by atoms with Crippen LogP contribution in [0.3, 0.4) is 0 Å². The van der Waals surface area contributed by atoms with Gasteiger partial charge in [0.15, 0.2) is 5.82 Å². The van der Waals surface area contributed by atoms with E-state index >= 15 is 0 Å². The first-order valence-electron chi connectivity index (χ1n) is 7.52. The van der Waals surface area contributed by atoms with Crippen LogP contribution in [0.2, 0.25) is 0 Å². The molecule has 0 aliphatic heterocycles. The van der Waals surface area contributed by atoms with Gasteiger partial charge in [0, 0.05) is 29.9 Å². The number of aryl methyl sites for hydroxylation is 2. The summed E-state index contributed by atoms with van der Waals surface area (Å²) in [7, 11) is 0. The molecule has 5 nitrogen and oxygen atoms in total. The summed E-state index contributed by atoms with van der Waals surface area (Å²) in [6, 6.07) is 10.0. The van der Waals surface area contributed by atoms with E-state index < -0.39 is 0 Å². The van der Waals surface area contributed by atoms with E-state index in [2.05, 4.69) is 40.0 Å². The molecule has 1 N–H and O–H groups in total. The van der Waals surface area contributed by atoms with Crippen LogP contribution < -0.4 is 0 Å². The van der Waals surface area contributed by atoms with Gasteiger partial charge in [0.2, 0.25) is 0 Å². The average molecular weight is 304 g/mol. The van der Waals surface area contributed by atoms with Crippen LogP contribution >= 0.6 is 0 Å². The number of para-hydroxylation sites is 1. The van der Waals surface area contributed by atoms with Gasteiger partial charge in [0.1, 0.15) is 0 Å². The Kier molecular flexibility index (Phi) is 3.19. The summed E-state index contributed by atoms with van der Waals surface area (Å²) in [6.07, 6.45) is 4.17. The van der Waals surface area contributed by atoms with Crippen LogP contribution in [-0.4, -0.2) is 20.1 Å². The number of hydrogen-bond donors (Lipinski definition) is 1. The monoisotopic (exact) mass is 304 g/mol. The zero-order valence-electron chi connectivity index (χ0n) is 13.0. The molecule has 0 saturated heterocycles. The summed E-state index contributed by atoms with van der Waals surface area (Å²) in [5.41, 5.74) is 5.44. The lowest BCUT2D eigenvalue weighted by Crippen LogP contribution is -1.91. The fourth-order valence-electron chi connectivity index (χ4n) is 2.78. The first-order chi connectivity index (χ1) is 11.2. The minimum atomic E-state index is 0.538. The molecular formula is C18H16N4O. The van der Waals surface area contributed by atoms with Gasteiger partial charge in [-0.15, -0.1) is 0 Å². The molecule has 0 aliphatic rings. The quantitative estimate of drug-likeness (QED) is 0.625. The molecule has 0 bridgehead atoms. The lowest BCUT2D eigenvalue weighted by atomic mass is 10.1. The second-order valence-corrected chi connectivity index (χ2v) is 5.66. The Morgan fingerprint density at radius 1 is 1.13 bits per heavy atom. The largest absolute Gasteiger partial charge is 0.358 e. The van der Waals surface area contributed by atoms with E-state index in [-0.39, 0.29) is 0 Å². The van der Waals surface area contributed by atoms with Gasteiger partial charge in [0.05, 0.1) is 11.1 Å². The van der Waals surface area contributed by atoms with Crippen molar-refractivity contribution < 1.29 is 4.52 Å². The third-order valence-corrected chi connectivity index (χ3v) is 4.13. The van der Waals surface area contributed by atoms with Gasteiger partial charge >= 0.3 is 0 Å². The first kappa shape index (κ1) is 13.7. The Balaban J connectivity index is 1.73. The molecule has 0 aliphatic carbocycles. The second kappa shape index (κ2) is 5.35. The van der Waals surface area contributed by atoms with E-state index in [9.17, 15) is 0 Å². The molecule has 0 atom stereocenters. The molecule has 1 aromatic carbocycles. The van der Waals surface area contributed by atoms with Crippen LogP contribution in [0.5, 0.6) is 0 Å². The van der Waals surface area contributed by atoms with Gasteiger partial charge in [-0.1, -0.05) is 23.4 Å². The van der Waals surface area contributed by atoms with Gasteiger partial charge in [-0.25, -0.2) is 0 Å². The topological polar surface area (TPSA) is 67.6 Å². The normalized spacial score (nSPS) is 11.2. The highest BCUT2D eigenvalue weighted by Crippen LogP contribution is 2.30. The number of aromatic amines is 1. The van der Waals surface area contributed by atoms with Crippen LogP contribution in [0.25, 0.3) is 22.4 Å². The minimum Gasteiger partial charge on any atom is -0.358 e. The average Bonchev–Trinajstić information content (AvgIpc) is 3.14. The number of aromatic nitrogens is 4. The molecule has 0 amide bonds. The van der Waals surface area contributed by atoms with Gasteiger partial charge in [0.25, 0.3) is 5.89 Å². The third kappa shape index (κ3) is 2.40. The van der Waals surface area contributed by atoms with Gasteiger partial charge < -0.3 is 9.51 Å². The number of benzene rings is 1. The van der Waals surface area contributed by atoms with Crippen molar-refractivity contribution in [3.63, 3.8) is 0 Å². The highest BCUT2D eigenvalue weighted by atomic mass is 16.5. The molecule has 0 spiro atoms. The van der Waals surface area contributed by atoms with Crippen molar-refractivity contribution in [2.75, 3.05) is 0 Å². The van der Waals surface area contributed by atoms with Crippen LogP contribution in [0, 0.1) is 13.8 Å². The fourth-order valence-corrected chi connectivity index (χ4v) is 2.78. The molecule has 5 heteroatoms. The maximum Gasteiger partial charge on any atom is 0.260 e. The molecule has 0 fully saturated rings. The fraction of sp³-hybridized carbons (Fsp3) is 0.167. The van der Waals surface area contributed by atoms with Crippen LogP contribution in [0.15, 0.2) is 47.2 Å². The van der Waals surface area contributed by atoms with E-state index in [1.807, 2.05) is 30.5 Å². The SMILES string of the molecule is Cc1[nH]c2c(-c3nc(Cc4cccnc4)no3)cccc2c1C. The maximum absolute atomic E-state index is 5.48. The predicted octanol–water partition coefficient (Wildman–Crippen LogP) is 3.82. The summed E-state index contributed by atoms with van der Waals surface area (Å²) < 4.78 is 5.48. The summed E-state index contributed by atoms with van der Waals surface area (Å²) in [5.74, 6) is 1.20. The minimum absolute atomic E-state index is 0.538. The van der Waals surface area contributed by atoms with Crippen LogP contribution in [0.1, 0.15) is 22.6 Å². The Labute approximate surface area is 133 Å².